The van der Waals surface area contributed by atoms with Crippen molar-refractivity contribution >= 4 is 40.7 Å². The average molecular weight is 1050 g/mol. The van der Waals surface area contributed by atoms with Gasteiger partial charge >= 0.3 is 24.3 Å². The van der Waals surface area contributed by atoms with E-state index < -0.39 is 35.4 Å². The molecule has 0 radical (unpaired) electrons. The molecule has 0 aliphatic heterocycles. The number of hydrogen-bond acceptors (Lipinski definition) is 10. The number of aromatic nitrogens is 4. The van der Waals surface area contributed by atoms with Crippen LogP contribution in [-0.2, 0) is 28.9 Å². The zero-order valence-electron chi connectivity index (χ0n) is 39.9. The molecule has 0 spiro atoms. The van der Waals surface area contributed by atoms with Gasteiger partial charge in [-0.25, -0.2) is 0 Å². The topological polar surface area (TPSA) is 159 Å². The van der Waals surface area contributed by atoms with Gasteiger partial charge in [-0.2, -0.15) is 36.3 Å². The first-order chi connectivity index (χ1) is 34.6. The fraction of sp³-hybridized carbons (Fsp3) is 0.208. The zero-order chi connectivity index (χ0) is 53.8. The normalized spacial score (nSPS) is 11.8. The third-order valence-electron chi connectivity index (χ3n) is 10.6. The molecule has 2 N–H and O–H groups in total. The molecule has 0 fully saturated rings. The molecule has 12 nitrogen and oxygen atoms in total. The van der Waals surface area contributed by atoms with Gasteiger partial charge in [0.05, 0.1) is 24.2 Å². The monoisotopic (exact) mass is 1050 g/mol. The number of carbonyl (C=O) groups is 2. The molecule has 7 rings (SSSR count). The highest BCUT2D eigenvalue weighted by molar-refractivity contribution is 6.33. The summed E-state index contributed by atoms with van der Waals surface area (Å²) in [5.74, 6) is -1.31. The van der Waals surface area contributed by atoms with Gasteiger partial charge in [0, 0.05) is 51.0 Å². The van der Waals surface area contributed by atoms with Crippen molar-refractivity contribution in [2.45, 2.75) is 46.2 Å². The molecule has 0 unspecified atom stereocenters. The molecule has 5 aromatic carbocycles. The van der Waals surface area contributed by atoms with Crippen LogP contribution in [0.15, 0.2) is 143 Å². The molecule has 2 heterocycles. The van der Waals surface area contributed by atoms with E-state index in [1.54, 1.807) is 85.4 Å². The van der Waals surface area contributed by atoms with Gasteiger partial charge in [-0.1, -0.05) is 145 Å². The van der Waals surface area contributed by atoms with Crippen molar-refractivity contribution in [1.82, 2.24) is 30.1 Å². The molecular weight excluding hydrogens is 1000 g/mol. The van der Waals surface area contributed by atoms with Crippen LogP contribution in [0.25, 0.3) is 62.4 Å². The van der Waals surface area contributed by atoms with Crippen LogP contribution in [0.1, 0.15) is 41.7 Å². The second-order valence-electron chi connectivity index (χ2n) is 16.0. The van der Waals surface area contributed by atoms with Crippen LogP contribution in [0.5, 0.6) is 0 Å². The van der Waals surface area contributed by atoms with Crippen molar-refractivity contribution in [3.05, 3.63) is 172 Å². The number of allylic oxidation sites excluding steroid dienone is 4. The standard InChI is InChI=1S/C26H21ClF3N3O3.C25H21ClF3N3O3.C2H6/c1-15-5-3-4-6-19(15)20-10-9-17(11-21(20)26(28,29)30)25-31-24(32-36-25)16-7-8-18(22(27)12-16)13-33(2)14-23(34)35;1-4-18(20(5-2)25(27,28)29)19-11-10-17(12-21(19)26)24-30-23(31-35-24)16-8-6-15(7-9-16)13-32(3)14-22(33)34;1-2/h3-12H,13-14H2,1-2H3,(H,34,35);4-12H,1-2,13-14H2,3H3,(H,33,34);1-2H3/b;20-18-;. The number of alkyl halides is 6. The van der Waals surface area contributed by atoms with Crippen LogP contribution in [0, 0.1) is 6.92 Å². The molecule has 20 heteroatoms. The number of carboxylic acids is 2. The summed E-state index contributed by atoms with van der Waals surface area (Å²) < 4.78 is 92.5. The number of rotatable bonds is 16. The van der Waals surface area contributed by atoms with E-state index in [0.717, 1.165) is 29.3 Å². The van der Waals surface area contributed by atoms with Crippen molar-refractivity contribution in [2.24, 2.45) is 0 Å². The Bertz CT molecular complexity index is 3110. The van der Waals surface area contributed by atoms with E-state index in [0.29, 0.717) is 51.8 Å². The fourth-order valence-corrected chi connectivity index (χ4v) is 7.82. The van der Waals surface area contributed by atoms with Crippen LogP contribution in [0.3, 0.4) is 0 Å². The average Bonchev–Trinajstić information content (AvgIpc) is 4.04. The molecule has 382 valence electrons. The highest BCUT2D eigenvalue weighted by Crippen LogP contribution is 2.41. The second-order valence-corrected chi connectivity index (χ2v) is 16.8. The maximum absolute atomic E-state index is 14.0. The Labute approximate surface area is 426 Å². The molecule has 0 bridgehead atoms. The number of likely N-dealkylation sites (N-methyl/N-ethyl adjacent to an activating group) is 2. The van der Waals surface area contributed by atoms with Crippen molar-refractivity contribution in [3.8, 4) is 56.8 Å². The number of nitrogens with zero attached hydrogens (tertiary/aromatic N) is 6. The third kappa shape index (κ3) is 14.9. The molecule has 73 heavy (non-hydrogen) atoms. The Morgan fingerprint density at radius 3 is 1.70 bits per heavy atom. The SMILES string of the molecule is C=C/C(=C(\C=C)C(F)(F)F)c1ccc(-c2nc(-c3ccc(CN(C)CC(=O)O)cc3)no2)cc1Cl.CC.Cc1ccccc1-c1ccc(-c2nc(-c3ccc(CN(C)CC(=O)O)c(Cl)c3)no2)cc1C(F)(F)F. The Morgan fingerprint density at radius 1 is 0.658 bits per heavy atom. The van der Waals surface area contributed by atoms with Crippen molar-refractivity contribution in [1.29, 1.82) is 0 Å². The summed E-state index contributed by atoms with van der Waals surface area (Å²) in [7, 11) is 3.36. The Balaban J connectivity index is 0.000000262. The minimum absolute atomic E-state index is 0.0515. The van der Waals surface area contributed by atoms with Crippen LogP contribution >= 0.6 is 23.2 Å². The fourth-order valence-electron chi connectivity index (χ4n) is 7.30. The number of benzene rings is 5. The summed E-state index contributed by atoms with van der Waals surface area (Å²) in [5.41, 5.74) is 2.85. The van der Waals surface area contributed by atoms with Gasteiger partial charge in [0.2, 0.25) is 11.6 Å². The molecule has 2 aromatic heterocycles. The lowest BCUT2D eigenvalue weighted by Crippen LogP contribution is -2.25. The van der Waals surface area contributed by atoms with Crippen LogP contribution in [0.4, 0.5) is 26.3 Å². The van der Waals surface area contributed by atoms with Crippen molar-refractivity contribution < 1.29 is 55.2 Å². The molecule has 0 saturated carbocycles. The molecular formula is C53H48Cl2F6N6O6. The first-order valence-corrected chi connectivity index (χ1v) is 22.8. The summed E-state index contributed by atoms with van der Waals surface area (Å²) >= 11 is 12.7. The van der Waals surface area contributed by atoms with Gasteiger partial charge < -0.3 is 19.3 Å². The van der Waals surface area contributed by atoms with Gasteiger partial charge in [0.15, 0.2) is 0 Å². The van der Waals surface area contributed by atoms with Gasteiger partial charge in [0.25, 0.3) is 11.8 Å². The molecule has 0 aliphatic carbocycles. The zero-order valence-corrected chi connectivity index (χ0v) is 41.5. The van der Waals surface area contributed by atoms with E-state index in [-0.39, 0.29) is 58.0 Å². The van der Waals surface area contributed by atoms with Crippen molar-refractivity contribution in [3.63, 3.8) is 0 Å². The van der Waals surface area contributed by atoms with E-state index in [1.165, 1.54) is 30.3 Å². The maximum atomic E-state index is 14.0. The lowest BCUT2D eigenvalue weighted by molar-refractivity contribution is -0.139. The predicted molar refractivity (Wildman–Crippen MR) is 268 cm³/mol. The van der Waals surface area contributed by atoms with Crippen molar-refractivity contribution in [2.75, 3.05) is 27.2 Å². The molecule has 0 aliphatic rings. The van der Waals surface area contributed by atoms with E-state index in [2.05, 4.69) is 33.4 Å². The van der Waals surface area contributed by atoms with Gasteiger partial charge in [-0.15, -0.1) is 0 Å². The first kappa shape index (κ1) is 56.5. The molecule has 0 amide bonds. The number of aryl methyl sites for hydroxylation is 1. The number of hydrogen-bond donors (Lipinski definition) is 2. The molecule has 0 atom stereocenters. The van der Waals surface area contributed by atoms with Gasteiger partial charge in [-0.05, 0) is 84.7 Å². The van der Waals surface area contributed by atoms with Gasteiger partial charge in [0.1, 0.15) is 0 Å². The number of aliphatic carboxylic acids is 2. The third-order valence-corrected chi connectivity index (χ3v) is 11.3. The maximum Gasteiger partial charge on any atom is 0.417 e. The minimum atomic E-state index is -4.62. The Morgan fingerprint density at radius 2 is 1.18 bits per heavy atom. The van der Waals surface area contributed by atoms with E-state index in [9.17, 15) is 35.9 Å². The summed E-state index contributed by atoms with van der Waals surface area (Å²) in [6.45, 7) is 13.0. The quantitative estimate of drug-likeness (QED) is 0.0698. The summed E-state index contributed by atoms with van der Waals surface area (Å²) in [4.78, 5) is 33.5. The highest BCUT2D eigenvalue weighted by Gasteiger charge is 2.36. The van der Waals surface area contributed by atoms with Crippen LogP contribution < -0.4 is 0 Å². The van der Waals surface area contributed by atoms with E-state index in [1.807, 2.05) is 26.0 Å². The predicted octanol–water partition coefficient (Wildman–Crippen LogP) is 13.9. The number of carboxylic acid groups (broad SMARTS) is 2. The van der Waals surface area contributed by atoms with E-state index in [4.69, 9.17) is 42.5 Å². The summed E-state index contributed by atoms with van der Waals surface area (Å²) in [6.07, 6.45) is -7.40. The largest absolute Gasteiger partial charge is 0.480 e. The first-order valence-electron chi connectivity index (χ1n) is 22.1. The molecule has 7 aromatic rings. The van der Waals surface area contributed by atoms with Crippen LogP contribution in [-0.4, -0.2) is 85.6 Å². The Kier molecular flexibility index (Phi) is 19.2. The van der Waals surface area contributed by atoms with Gasteiger partial charge in [-0.3, -0.25) is 19.4 Å². The lowest BCUT2D eigenvalue weighted by atomic mass is 9.94. The second kappa shape index (κ2) is 24.8. The Hall–Kier alpha value is -7.38. The van der Waals surface area contributed by atoms with E-state index >= 15 is 0 Å². The van der Waals surface area contributed by atoms with Crippen LogP contribution in [0.2, 0.25) is 10.0 Å². The summed E-state index contributed by atoms with van der Waals surface area (Å²) in [6, 6.07) is 27.4. The lowest BCUT2D eigenvalue weighted by Gasteiger charge is -2.15. The highest BCUT2D eigenvalue weighted by atomic mass is 35.5. The smallest absolute Gasteiger partial charge is 0.417 e. The molecule has 0 saturated heterocycles. The number of halogens is 8. The summed E-state index contributed by atoms with van der Waals surface area (Å²) in [5, 5.41) is 26.1. The minimum Gasteiger partial charge on any atom is -0.480 e.